The molecule has 2 N–H and O–H groups in total. The fraction of sp³-hybridized carbons (Fsp3) is 0.292. The number of rotatable bonds is 5. The maximum absolute atomic E-state index is 14.2. The zero-order valence-corrected chi connectivity index (χ0v) is 17.6. The van der Waals surface area contributed by atoms with Gasteiger partial charge < -0.3 is 9.88 Å². The van der Waals surface area contributed by atoms with Gasteiger partial charge in [0.05, 0.1) is 0 Å². The number of hydrogen-bond donors (Lipinski definition) is 2. The SMILES string of the molecule is CC(C)C(CC1C(=O)NC(=O)N1C)c1ccc(-c2ccc3cccc(F)c3c2)[nH]c1=O. The number of nitrogens with one attached hydrogen (secondary N) is 2. The Labute approximate surface area is 179 Å². The summed E-state index contributed by atoms with van der Waals surface area (Å²) in [5.74, 6) is -0.786. The molecule has 1 saturated heterocycles. The highest BCUT2D eigenvalue weighted by atomic mass is 19.1. The van der Waals surface area contributed by atoms with Gasteiger partial charge in [-0.05, 0) is 47.4 Å². The number of imide groups is 1. The molecule has 4 rings (SSSR count). The van der Waals surface area contributed by atoms with Crippen LogP contribution in [0.1, 0.15) is 31.7 Å². The van der Waals surface area contributed by atoms with Crippen molar-refractivity contribution in [3.05, 3.63) is 70.3 Å². The van der Waals surface area contributed by atoms with Crippen molar-refractivity contribution >= 4 is 22.7 Å². The lowest BCUT2D eigenvalue weighted by Gasteiger charge is -2.25. The number of carbonyl (C=O) groups is 2. The van der Waals surface area contributed by atoms with Crippen LogP contribution in [0.2, 0.25) is 0 Å². The number of amides is 3. The Morgan fingerprint density at radius 1 is 1.06 bits per heavy atom. The molecule has 0 saturated carbocycles. The first-order chi connectivity index (χ1) is 14.8. The molecule has 0 spiro atoms. The van der Waals surface area contributed by atoms with Crippen LogP contribution < -0.4 is 10.9 Å². The third kappa shape index (κ3) is 3.83. The maximum Gasteiger partial charge on any atom is 0.324 e. The lowest BCUT2D eigenvalue weighted by Crippen LogP contribution is -2.35. The molecule has 2 atom stereocenters. The molecule has 1 fully saturated rings. The summed E-state index contributed by atoms with van der Waals surface area (Å²) < 4.78 is 14.2. The van der Waals surface area contributed by atoms with E-state index in [0.717, 1.165) is 5.39 Å². The van der Waals surface area contributed by atoms with Crippen LogP contribution in [-0.2, 0) is 4.79 Å². The second-order valence-corrected chi connectivity index (χ2v) is 8.34. The number of nitrogens with zero attached hydrogens (tertiary/aromatic N) is 1. The van der Waals surface area contributed by atoms with Crippen molar-refractivity contribution in [3.8, 4) is 11.3 Å². The molecule has 6 nitrogen and oxygen atoms in total. The van der Waals surface area contributed by atoms with Crippen molar-refractivity contribution < 1.29 is 14.0 Å². The topological polar surface area (TPSA) is 82.3 Å². The molecule has 0 aliphatic carbocycles. The van der Waals surface area contributed by atoms with Crippen LogP contribution in [0.5, 0.6) is 0 Å². The smallest absolute Gasteiger partial charge is 0.322 e. The minimum absolute atomic E-state index is 0.0821. The number of H-pyrrole nitrogens is 1. The van der Waals surface area contributed by atoms with Gasteiger partial charge in [0.1, 0.15) is 11.9 Å². The first-order valence-corrected chi connectivity index (χ1v) is 10.3. The van der Waals surface area contributed by atoms with Crippen molar-refractivity contribution in [2.75, 3.05) is 7.05 Å². The van der Waals surface area contributed by atoms with E-state index in [1.807, 2.05) is 32.0 Å². The molecule has 1 aliphatic heterocycles. The van der Waals surface area contributed by atoms with Gasteiger partial charge in [-0.15, -0.1) is 0 Å². The second kappa shape index (κ2) is 7.98. The van der Waals surface area contributed by atoms with E-state index in [2.05, 4.69) is 10.3 Å². The standard InChI is InChI=1S/C24H24FN3O3/c1-13(2)17(12-21-23(30)27-24(31)28(21)3)16-9-10-20(26-22(16)29)15-8-7-14-5-4-6-19(25)18(14)11-15/h4-11,13,17,21H,12H2,1-3H3,(H,26,29)(H,27,30,31). The van der Waals surface area contributed by atoms with Gasteiger partial charge in [0, 0.05) is 23.7 Å². The highest BCUT2D eigenvalue weighted by Crippen LogP contribution is 2.31. The molecule has 2 unspecified atom stereocenters. The van der Waals surface area contributed by atoms with Gasteiger partial charge in [-0.25, -0.2) is 9.18 Å². The van der Waals surface area contributed by atoms with Gasteiger partial charge in [-0.3, -0.25) is 14.9 Å². The third-order valence-corrected chi connectivity index (χ3v) is 6.08. The van der Waals surface area contributed by atoms with E-state index in [9.17, 15) is 18.8 Å². The Kier molecular flexibility index (Phi) is 5.35. The number of benzene rings is 2. The summed E-state index contributed by atoms with van der Waals surface area (Å²) in [6.07, 6.45) is 0.357. The third-order valence-electron chi connectivity index (χ3n) is 6.08. The number of aromatic nitrogens is 1. The highest BCUT2D eigenvalue weighted by molar-refractivity contribution is 6.04. The number of urea groups is 1. The molecule has 3 aromatic rings. The fourth-order valence-corrected chi connectivity index (χ4v) is 4.21. The molecule has 3 amide bonds. The van der Waals surface area contributed by atoms with Crippen LogP contribution in [0.4, 0.5) is 9.18 Å². The van der Waals surface area contributed by atoms with Crippen LogP contribution in [0, 0.1) is 11.7 Å². The minimum Gasteiger partial charge on any atom is -0.322 e. The monoisotopic (exact) mass is 421 g/mol. The molecule has 0 radical (unpaired) electrons. The van der Waals surface area contributed by atoms with Crippen molar-refractivity contribution in [2.45, 2.75) is 32.2 Å². The minimum atomic E-state index is -0.609. The summed E-state index contributed by atoms with van der Waals surface area (Å²) in [4.78, 5) is 41.2. The van der Waals surface area contributed by atoms with Gasteiger partial charge in [0.25, 0.3) is 11.5 Å². The van der Waals surface area contributed by atoms with Crippen molar-refractivity contribution in [1.82, 2.24) is 15.2 Å². The highest BCUT2D eigenvalue weighted by Gasteiger charge is 2.38. The Balaban J connectivity index is 1.67. The Hall–Kier alpha value is -3.48. The van der Waals surface area contributed by atoms with Crippen LogP contribution in [0.15, 0.2) is 53.3 Å². The van der Waals surface area contributed by atoms with E-state index in [1.165, 1.54) is 11.0 Å². The quantitative estimate of drug-likeness (QED) is 0.611. The first-order valence-electron chi connectivity index (χ1n) is 10.3. The molecular weight excluding hydrogens is 397 g/mol. The van der Waals surface area contributed by atoms with E-state index in [-0.39, 0.29) is 29.1 Å². The van der Waals surface area contributed by atoms with Crippen LogP contribution in [0.3, 0.4) is 0 Å². The normalized spacial score (nSPS) is 17.5. The summed E-state index contributed by atoms with van der Waals surface area (Å²) in [5, 5.41) is 3.59. The predicted octanol–water partition coefficient (Wildman–Crippen LogP) is 4.01. The van der Waals surface area contributed by atoms with Crippen LogP contribution >= 0.6 is 0 Å². The number of hydrogen-bond acceptors (Lipinski definition) is 3. The molecule has 2 aromatic carbocycles. The largest absolute Gasteiger partial charge is 0.324 e. The lowest BCUT2D eigenvalue weighted by molar-refractivity contribution is -0.121. The molecule has 0 bridgehead atoms. The average molecular weight is 421 g/mol. The number of carbonyl (C=O) groups excluding carboxylic acids is 2. The van der Waals surface area contributed by atoms with Crippen molar-refractivity contribution in [3.63, 3.8) is 0 Å². The summed E-state index contributed by atoms with van der Waals surface area (Å²) in [7, 11) is 1.58. The fourth-order valence-electron chi connectivity index (χ4n) is 4.21. The first kappa shape index (κ1) is 20.8. The van der Waals surface area contributed by atoms with Gasteiger partial charge >= 0.3 is 6.03 Å². The molecule has 160 valence electrons. The Morgan fingerprint density at radius 2 is 1.84 bits per heavy atom. The van der Waals surface area contributed by atoms with Gasteiger partial charge in [-0.2, -0.15) is 0 Å². The predicted molar refractivity (Wildman–Crippen MR) is 117 cm³/mol. The molecule has 1 aliphatic rings. The van der Waals surface area contributed by atoms with E-state index in [1.54, 1.807) is 31.3 Å². The number of halogens is 1. The van der Waals surface area contributed by atoms with E-state index >= 15 is 0 Å². The van der Waals surface area contributed by atoms with E-state index in [0.29, 0.717) is 28.6 Å². The molecule has 31 heavy (non-hydrogen) atoms. The lowest BCUT2D eigenvalue weighted by atomic mass is 9.83. The van der Waals surface area contributed by atoms with Crippen LogP contribution in [-0.4, -0.2) is 34.9 Å². The average Bonchev–Trinajstić information content (AvgIpc) is 2.97. The number of fused-ring (bicyclic) bond motifs is 1. The second-order valence-electron chi connectivity index (χ2n) is 8.34. The molecule has 7 heteroatoms. The summed E-state index contributed by atoms with van der Waals surface area (Å²) in [6, 6.07) is 12.8. The summed E-state index contributed by atoms with van der Waals surface area (Å²) in [5.41, 5.74) is 1.61. The van der Waals surface area contributed by atoms with Crippen molar-refractivity contribution in [1.29, 1.82) is 0 Å². The van der Waals surface area contributed by atoms with Crippen molar-refractivity contribution in [2.24, 2.45) is 5.92 Å². The maximum atomic E-state index is 14.2. The number of likely N-dealkylation sites (N-methyl/N-ethyl adjacent to an activating group) is 1. The van der Waals surface area contributed by atoms with E-state index < -0.39 is 12.1 Å². The van der Waals surface area contributed by atoms with E-state index in [4.69, 9.17) is 0 Å². The van der Waals surface area contributed by atoms with Crippen LogP contribution in [0.25, 0.3) is 22.0 Å². The Morgan fingerprint density at radius 3 is 2.48 bits per heavy atom. The number of aromatic amines is 1. The Bertz CT molecular complexity index is 1230. The summed E-state index contributed by atoms with van der Waals surface area (Å²) >= 11 is 0. The zero-order valence-electron chi connectivity index (χ0n) is 17.6. The summed E-state index contributed by atoms with van der Waals surface area (Å²) in [6.45, 7) is 3.97. The number of pyridine rings is 1. The molecule has 2 heterocycles. The molecular formula is C24H24FN3O3. The van der Waals surface area contributed by atoms with Gasteiger partial charge in [0.2, 0.25) is 0 Å². The van der Waals surface area contributed by atoms with Gasteiger partial charge in [0.15, 0.2) is 0 Å². The molecule has 1 aromatic heterocycles. The van der Waals surface area contributed by atoms with Gasteiger partial charge in [-0.1, -0.05) is 44.2 Å². The zero-order chi connectivity index (χ0) is 22.3.